The van der Waals surface area contributed by atoms with Crippen molar-refractivity contribution in [3.63, 3.8) is 0 Å². The Kier molecular flexibility index (Phi) is 17.1. The van der Waals surface area contributed by atoms with Gasteiger partial charge in [0.25, 0.3) is 14.8 Å². The van der Waals surface area contributed by atoms with Gasteiger partial charge in [-0.15, -0.1) is 0 Å². The summed E-state index contributed by atoms with van der Waals surface area (Å²) in [6.45, 7) is 32.9. The van der Waals surface area contributed by atoms with E-state index < -0.39 is 83.3 Å². The van der Waals surface area contributed by atoms with E-state index in [0.29, 0.717) is 11.1 Å². The molecule has 54 heavy (non-hydrogen) atoms. The third-order valence-corrected chi connectivity index (χ3v) is 52.0. The van der Waals surface area contributed by atoms with Gasteiger partial charge in [-0.2, -0.15) is 18.2 Å². The van der Waals surface area contributed by atoms with Crippen LogP contribution in [0.2, 0.25) is 44.3 Å². The fourth-order valence-corrected chi connectivity index (χ4v) is 48.1. The summed E-state index contributed by atoms with van der Waals surface area (Å²) in [5, 5.41) is 14.6. The van der Waals surface area contributed by atoms with Crippen molar-refractivity contribution in [3.05, 3.63) is 22.7 Å². The minimum atomic E-state index is -6.52. The Morgan fingerprint density at radius 2 is 1.28 bits per heavy atom. The molecule has 0 amide bonds. The minimum Gasteiger partial charge on any atom is -0.368 e. The molecule has 1 saturated heterocycles. The number of anilines is 1. The predicted molar refractivity (Wildman–Crippen MR) is 217 cm³/mol. The largest absolute Gasteiger partial charge is 0.500 e. The minimum absolute atomic E-state index is 0.0848. The molecule has 0 spiro atoms. The Balaban J connectivity index is 2.86. The number of aromatic nitrogens is 2. The molecule has 0 bridgehead atoms. The number of hydrogen-bond donors (Lipinski definition) is 3. The summed E-state index contributed by atoms with van der Waals surface area (Å²) in [5.74, 6) is -0.342. The standard InChI is InChI=1S/C34H68F3N3O9SSi4/c1-20(2)51(21(3)4)53(24(9)10,25(11)12)48-45-19-28-30(47-49-54(26(13)14,27(15)16)52(22(5)6)23(7)8)33(42,50(43,44)34(35,36)37)31(46-28)39-29-17-18-38-32(41)40-29/h17-18,20-28,30-31,42,51-52H,19H2,1-16H3,(H2,38,39,40,41)/t28-,30-,31-,33-/m1/s1. The second-order valence-electron chi connectivity index (χ2n) is 17.5. The van der Waals surface area contributed by atoms with Crippen molar-refractivity contribution < 1.29 is 50.4 Å². The molecule has 12 nitrogen and oxygen atoms in total. The molecular weight excluding hydrogens is 796 g/mol. The average Bonchev–Trinajstić information content (AvgIpc) is 3.27. The van der Waals surface area contributed by atoms with Crippen LogP contribution in [0, 0.1) is 0 Å². The van der Waals surface area contributed by atoms with Gasteiger partial charge in [0, 0.05) is 6.20 Å². The second-order valence-corrected chi connectivity index (χ2v) is 44.8. The lowest BCUT2D eigenvalue weighted by molar-refractivity contribution is -0.300. The van der Waals surface area contributed by atoms with Crippen LogP contribution in [0.1, 0.15) is 111 Å². The number of nitrogens with one attached hydrogen (secondary N) is 2. The Labute approximate surface area is 325 Å². The van der Waals surface area contributed by atoms with Crippen molar-refractivity contribution in [1.29, 1.82) is 0 Å². The lowest BCUT2D eigenvalue weighted by atomic mass is 10.1. The van der Waals surface area contributed by atoms with E-state index in [9.17, 15) is 31.5 Å². The van der Waals surface area contributed by atoms with E-state index in [2.05, 4.69) is 98.4 Å². The molecular formula is C34H68F3N3O9SSi4. The molecule has 0 radical (unpaired) electrons. The molecule has 20 heteroatoms. The molecule has 2 heterocycles. The van der Waals surface area contributed by atoms with Gasteiger partial charge in [-0.25, -0.2) is 23.0 Å². The van der Waals surface area contributed by atoms with Gasteiger partial charge in [0.15, 0.2) is 12.3 Å². The Morgan fingerprint density at radius 1 is 0.852 bits per heavy atom. The Morgan fingerprint density at radius 3 is 1.65 bits per heavy atom. The molecule has 1 aromatic rings. The van der Waals surface area contributed by atoms with E-state index in [1.165, 1.54) is 6.07 Å². The van der Waals surface area contributed by atoms with Crippen molar-refractivity contribution in [2.45, 2.75) is 184 Å². The number of hydrogen-bond acceptors (Lipinski definition) is 11. The summed E-state index contributed by atoms with van der Waals surface area (Å²) < 4.78 is 90.4. The van der Waals surface area contributed by atoms with Gasteiger partial charge in [0.2, 0.25) is 15.7 Å². The highest BCUT2D eigenvalue weighted by atomic mass is 32.2. The number of halogens is 3. The number of alkyl halides is 3. The maximum atomic E-state index is 14.7. The highest BCUT2D eigenvalue weighted by Crippen LogP contribution is 2.49. The van der Waals surface area contributed by atoms with Crippen LogP contribution >= 0.6 is 0 Å². The van der Waals surface area contributed by atoms with Crippen LogP contribution in [0.5, 0.6) is 0 Å². The van der Waals surface area contributed by atoms with Crippen LogP contribution in [0.15, 0.2) is 17.1 Å². The quantitative estimate of drug-likeness (QED) is 0.0675. The van der Waals surface area contributed by atoms with Crippen molar-refractivity contribution in [3.8, 4) is 0 Å². The van der Waals surface area contributed by atoms with Gasteiger partial charge in [0.1, 0.15) is 18.5 Å². The summed E-state index contributed by atoms with van der Waals surface area (Å²) in [6.07, 6.45) is -5.10. The highest BCUT2D eigenvalue weighted by molar-refractivity contribution is 7.93. The van der Waals surface area contributed by atoms with Crippen molar-refractivity contribution in [2.24, 2.45) is 0 Å². The van der Waals surface area contributed by atoms with Gasteiger partial charge in [-0.05, 0) is 28.2 Å². The number of ether oxygens (including phenoxy) is 1. The predicted octanol–water partition coefficient (Wildman–Crippen LogP) is 7.58. The zero-order valence-electron chi connectivity index (χ0n) is 35.1. The lowest BCUT2D eigenvalue weighted by Crippen LogP contribution is -2.65. The van der Waals surface area contributed by atoms with Gasteiger partial charge in [0.05, 0.1) is 16.6 Å². The van der Waals surface area contributed by atoms with Gasteiger partial charge in [-0.3, -0.25) is 9.15 Å². The number of H-pyrrole nitrogens is 1. The zero-order valence-corrected chi connectivity index (χ0v) is 40.2. The van der Waals surface area contributed by atoms with E-state index in [-0.39, 0.29) is 39.1 Å². The first-order chi connectivity index (χ1) is 24.6. The number of sulfone groups is 1. The molecule has 316 valence electrons. The molecule has 3 N–H and O–H groups in total. The molecule has 1 aromatic heterocycles. The van der Waals surface area contributed by atoms with Gasteiger partial charge >= 0.3 is 11.2 Å². The summed E-state index contributed by atoms with van der Waals surface area (Å²) >= 11 is 0. The van der Waals surface area contributed by atoms with Crippen molar-refractivity contribution in [1.82, 2.24) is 9.97 Å². The lowest BCUT2D eigenvalue weighted by Gasteiger charge is -2.47. The normalized spacial score (nSPS) is 22.3. The van der Waals surface area contributed by atoms with E-state index in [0.717, 1.165) is 6.20 Å². The number of aliphatic hydroxyl groups is 1. The van der Waals surface area contributed by atoms with Gasteiger partial charge in [-0.1, -0.05) is 133 Å². The van der Waals surface area contributed by atoms with Crippen LogP contribution in [-0.4, -0.2) is 91.3 Å². The molecule has 0 saturated carbocycles. The van der Waals surface area contributed by atoms with Gasteiger partial charge < -0.3 is 20.1 Å². The first-order valence-electron chi connectivity index (χ1n) is 19.2. The topological polar surface area (TPSA) is 158 Å². The Hall–Kier alpha value is -0.952. The van der Waals surface area contributed by atoms with E-state index in [4.69, 9.17) is 23.7 Å². The smallest absolute Gasteiger partial charge is 0.368 e. The van der Waals surface area contributed by atoms with Crippen LogP contribution in [-0.2, 0) is 33.5 Å². The van der Waals surface area contributed by atoms with E-state index >= 15 is 0 Å². The first-order valence-corrected chi connectivity index (χ1v) is 31.1. The molecule has 1 aliphatic rings. The fourth-order valence-electron chi connectivity index (χ4n) is 9.55. The monoisotopic (exact) mass is 863 g/mol. The Bertz CT molecular complexity index is 1480. The number of aromatic amines is 1. The van der Waals surface area contributed by atoms with Crippen molar-refractivity contribution in [2.75, 3.05) is 11.9 Å². The molecule has 1 aliphatic heterocycles. The summed E-state index contributed by atoms with van der Waals surface area (Å²) in [4.78, 5) is 26.3. The van der Waals surface area contributed by atoms with E-state index in [1.807, 2.05) is 27.7 Å². The maximum absolute atomic E-state index is 14.7. The molecule has 2 rings (SSSR count). The molecule has 0 aromatic carbocycles. The van der Waals surface area contributed by atoms with Crippen LogP contribution in [0.3, 0.4) is 0 Å². The molecule has 0 aliphatic carbocycles. The maximum Gasteiger partial charge on any atom is 0.500 e. The molecule has 0 unspecified atom stereocenters. The van der Waals surface area contributed by atoms with Crippen LogP contribution in [0.25, 0.3) is 0 Å². The van der Waals surface area contributed by atoms with Crippen LogP contribution < -0.4 is 11.0 Å². The fraction of sp³-hybridized carbons (Fsp3) is 0.882. The average molecular weight is 864 g/mol. The third-order valence-electron chi connectivity index (χ3n) is 11.4. The van der Waals surface area contributed by atoms with Crippen molar-refractivity contribution >= 4 is 48.0 Å². The molecule has 1 fully saturated rings. The van der Waals surface area contributed by atoms with E-state index in [1.54, 1.807) is 0 Å². The highest BCUT2D eigenvalue weighted by Gasteiger charge is 2.73. The summed E-state index contributed by atoms with van der Waals surface area (Å²) in [7, 11) is -16.0. The molecule has 4 atom stereocenters. The second kappa shape index (κ2) is 18.8. The first kappa shape index (κ1) is 49.2. The van der Waals surface area contributed by atoms with Crippen LogP contribution in [0.4, 0.5) is 19.0 Å². The summed E-state index contributed by atoms with van der Waals surface area (Å²) in [5.41, 5.74) is -5.68. The summed E-state index contributed by atoms with van der Waals surface area (Å²) in [6, 6.07) is 1.19. The zero-order chi connectivity index (χ0) is 41.9. The number of nitrogens with zero attached hydrogens (tertiary/aromatic N) is 1. The number of rotatable bonds is 20. The third kappa shape index (κ3) is 9.49. The SMILES string of the molecule is CC(C)[SiH](C(C)C)[Si](OOC[C@H]1O[C@@H](Nc2cc[nH]c(=O)n2)[C@](O)(S(=O)(=O)C(F)(F)F)[C@@H]1OO[Si](C(C)C)(C(C)C)[SiH](C(C)C)C(C)C)(C(C)C)C(C)C.